The number of benzene rings is 1. The van der Waals surface area contributed by atoms with Gasteiger partial charge in [-0.25, -0.2) is 4.98 Å². The van der Waals surface area contributed by atoms with E-state index >= 15 is 0 Å². The topological polar surface area (TPSA) is 102 Å². The summed E-state index contributed by atoms with van der Waals surface area (Å²) in [5, 5.41) is 7.11. The predicted molar refractivity (Wildman–Crippen MR) is 138 cm³/mol. The molecule has 0 aliphatic carbocycles. The maximum absolute atomic E-state index is 13.5. The number of rotatable bonds is 5. The van der Waals surface area contributed by atoms with Crippen LogP contribution in [0.15, 0.2) is 53.5 Å². The second-order valence-electron chi connectivity index (χ2n) is 8.57. The number of halogens is 1. The molecule has 4 aromatic rings. The van der Waals surface area contributed by atoms with Crippen molar-refractivity contribution < 1.29 is 4.79 Å². The average molecular weight is 489 g/mol. The zero-order valence-corrected chi connectivity index (χ0v) is 20.3. The highest BCUT2D eigenvalue weighted by Crippen LogP contribution is 2.31. The SMILES string of the molecule is CCn1c(=O)c(-c2ccc(-c3cccc(C)n3)cc2Cl)cc2cnc(N[C@H]3CCCNC3=O)nc21. The first-order valence-corrected chi connectivity index (χ1v) is 12.0. The molecule has 0 saturated carbocycles. The molecule has 1 amide bonds. The molecule has 1 fully saturated rings. The smallest absolute Gasteiger partial charge is 0.260 e. The molecule has 1 aliphatic heterocycles. The van der Waals surface area contributed by atoms with E-state index in [4.69, 9.17) is 11.6 Å². The molecule has 0 spiro atoms. The zero-order chi connectivity index (χ0) is 24.5. The van der Waals surface area contributed by atoms with Crippen molar-refractivity contribution in [3.05, 3.63) is 69.7 Å². The first kappa shape index (κ1) is 23.0. The molecule has 3 aromatic heterocycles. The molecule has 0 radical (unpaired) electrons. The van der Waals surface area contributed by atoms with Crippen LogP contribution in [-0.4, -0.2) is 38.0 Å². The molecular weight excluding hydrogens is 464 g/mol. The van der Waals surface area contributed by atoms with Crippen molar-refractivity contribution in [2.75, 3.05) is 11.9 Å². The van der Waals surface area contributed by atoms with Gasteiger partial charge in [-0.1, -0.05) is 29.8 Å². The Balaban J connectivity index is 1.54. The van der Waals surface area contributed by atoms with Crippen molar-refractivity contribution in [2.24, 2.45) is 0 Å². The lowest BCUT2D eigenvalue weighted by Crippen LogP contribution is -2.44. The van der Waals surface area contributed by atoms with E-state index in [1.807, 2.05) is 50.2 Å². The summed E-state index contributed by atoms with van der Waals surface area (Å²) in [6, 6.07) is 12.8. The molecule has 8 nitrogen and oxygen atoms in total. The standard InChI is InChI=1S/C26H25ClN6O2/c1-3-33-23-17(14-29-26(32-23)31-22-8-5-11-28-24(22)34)12-19(25(33)35)18-10-9-16(13-20(18)27)21-7-4-6-15(2)30-21/h4,6-7,9-10,12-14,22H,3,5,8,11H2,1-2H3,(H,28,34)(H,29,31,32)/t22-/m0/s1. The lowest BCUT2D eigenvalue weighted by Gasteiger charge is -2.22. The van der Waals surface area contributed by atoms with E-state index in [0.29, 0.717) is 52.6 Å². The third-order valence-electron chi connectivity index (χ3n) is 6.18. The van der Waals surface area contributed by atoms with Gasteiger partial charge in [0.15, 0.2) is 0 Å². The van der Waals surface area contributed by atoms with Crippen LogP contribution in [0.5, 0.6) is 0 Å². The van der Waals surface area contributed by atoms with Gasteiger partial charge in [0, 0.05) is 52.1 Å². The van der Waals surface area contributed by atoms with Gasteiger partial charge in [0.2, 0.25) is 11.9 Å². The molecule has 2 N–H and O–H groups in total. The molecule has 0 unspecified atom stereocenters. The lowest BCUT2D eigenvalue weighted by atomic mass is 10.0. The summed E-state index contributed by atoms with van der Waals surface area (Å²) in [5.74, 6) is 0.254. The molecule has 4 heterocycles. The number of nitrogens with one attached hydrogen (secondary N) is 2. The summed E-state index contributed by atoms with van der Waals surface area (Å²) in [5.41, 5.74) is 4.05. The Morgan fingerprint density at radius 1 is 1.14 bits per heavy atom. The zero-order valence-electron chi connectivity index (χ0n) is 19.5. The van der Waals surface area contributed by atoms with E-state index in [-0.39, 0.29) is 17.5 Å². The minimum atomic E-state index is -0.387. The molecule has 5 rings (SSSR count). The normalized spacial score (nSPS) is 15.7. The van der Waals surface area contributed by atoms with Crippen LogP contribution in [0.4, 0.5) is 5.95 Å². The Kier molecular flexibility index (Phi) is 6.21. The fourth-order valence-corrected chi connectivity index (χ4v) is 4.66. The van der Waals surface area contributed by atoms with Gasteiger partial charge in [0.1, 0.15) is 11.7 Å². The largest absolute Gasteiger partial charge is 0.354 e. The molecule has 178 valence electrons. The second kappa shape index (κ2) is 9.46. The number of hydrogen-bond donors (Lipinski definition) is 2. The Hall–Kier alpha value is -3.78. The first-order valence-electron chi connectivity index (χ1n) is 11.6. The Morgan fingerprint density at radius 3 is 2.74 bits per heavy atom. The maximum atomic E-state index is 13.5. The number of hydrogen-bond acceptors (Lipinski definition) is 6. The molecule has 1 saturated heterocycles. The number of anilines is 1. The number of amides is 1. The minimum absolute atomic E-state index is 0.0675. The fourth-order valence-electron chi connectivity index (χ4n) is 4.38. The number of pyridine rings is 2. The quantitative estimate of drug-likeness (QED) is 0.436. The van der Waals surface area contributed by atoms with Crippen molar-refractivity contribution >= 4 is 34.5 Å². The van der Waals surface area contributed by atoms with Gasteiger partial charge >= 0.3 is 0 Å². The van der Waals surface area contributed by atoms with Crippen LogP contribution in [-0.2, 0) is 11.3 Å². The number of piperidine rings is 1. The monoisotopic (exact) mass is 488 g/mol. The summed E-state index contributed by atoms with van der Waals surface area (Å²) >= 11 is 6.66. The highest BCUT2D eigenvalue weighted by molar-refractivity contribution is 6.33. The molecule has 9 heteroatoms. The summed E-state index contributed by atoms with van der Waals surface area (Å²) in [7, 11) is 0. The third-order valence-corrected chi connectivity index (χ3v) is 6.49. The number of aryl methyl sites for hydroxylation is 2. The van der Waals surface area contributed by atoms with E-state index in [0.717, 1.165) is 23.4 Å². The van der Waals surface area contributed by atoms with Crippen molar-refractivity contribution in [2.45, 2.75) is 39.3 Å². The van der Waals surface area contributed by atoms with Gasteiger partial charge < -0.3 is 10.6 Å². The van der Waals surface area contributed by atoms with E-state index in [9.17, 15) is 9.59 Å². The van der Waals surface area contributed by atoms with Crippen LogP contribution in [0.3, 0.4) is 0 Å². The van der Waals surface area contributed by atoms with Gasteiger partial charge in [-0.05, 0) is 51.0 Å². The molecule has 1 atom stereocenters. The van der Waals surface area contributed by atoms with Gasteiger partial charge in [-0.3, -0.25) is 19.1 Å². The molecule has 1 aliphatic rings. The van der Waals surface area contributed by atoms with E-state index in [1.54, 1.807) is 16.8 Å². The van der Waals surface area contributed by atoms with Crippen LogP contribution in [0.1, 0.15) is 25.5 Å². The summed E-state index contributed by atoms with van der Waals surface area (Å²) in [4.78, 5) is 39.1. The molecule has 1 aromatic carbocycles. The van der Waals surface area contributed by atoms with Gasteiger partial charge in [-0.15, -0.1) is 0 Å². The number of nitrogens with zero attached hydrogens (tertiary/aromatic N) is 4. The number of aromatic nitrogens is 4. The van der Waals surface area contributed by atoms with E-state index in [2.05, 4.69) is 25.6 Å². The van der Waals surface area contributed by atoms with Crippen LogP contribution in [0.2, 0.25) is 5.02 Å². The van der Waals surface area contributed by atoms with Crippen molar-refractivity contribution in [1.82, 2.24) is 24.8 Å². The summed E-state index contributed by atoms with van der Waals surface area (Å²) in [6.45, 7) is 4.93. The van der Waals surface area contributed by atoms with Gasteiger partial charge in [-0.2, -0.15) is 4.98 Å². The van der Waals surface area contributed by atoms with Crippen LogP contribution in [0, 0.1) is 6.92 Å². The minimum Gasteiger partial charge on any atom is -0.354 e. The Labute approximate surface area is 207 Å². The number of fused-ring (bicyclic) bond motifs is 1. The fraction of sp³-hybridized carbons (Fsp3) is 0.269. The van der Waals surface area contributed by atoms with Crippen molar-refractivity contribution in [1.29, 1.82) is 0 Å². The van der Waals surface area contributed by atoms with Crippen molar-refractivity contribution in [3.63, 3.8) is 0 Å². The van der Waals surface area contributed by atoms with Gasteiger partial charge in [0.05, 0.1) is 5.69 Å². The number of carbonyl (C=O) groups is 1. The predicted octanol–water partition coefficient (Wildman–Crippen LogP) is 4.19. The maximum Gasteiger partial charge on any atom is 0.260 e. The Bertz CT molecular complexity index is 1500. The highest BCUT2D eigenvalue weighted by Gasteiger charge is 2.23. The summed E-state index contributed by atoms with van der Waals surface area (Å²) in [6.07, 6.45) is 3.26. The van der Waals surface area contributed by atoms with Crippen LogP contribution < -0.4 is 16.2 Å². The van der Waals surface area contributed by atoms with Crippen LogP contribution >= 0.6 is 11.6 Å². The number of carbonyl (C=O) groups excluding carboxylic acids is 1. The summed E-state index contributed by atoms with van der Waals surface area (Å²) < 4.78 is 1.60. The average Bonchev–Trinajstić information content (AvgIpc) is 2.85. The third kappa shape index (κ3) is 4.49. The van der Waals surface area contributed by atoms with Crippen LogP contribution in [0.25, 0.3) is 33.4 Å². The van der Waals surface area contributed by atoms with E-state index in [1.165, 1.54) is 0 Å². The molecule has 35 heavy (non-hydrogen) atoms. The first-order chi connectivity index (χ1) is 16.9. The van der Waals surface area contributed by atoms with Crippen molar-refractivity contribution in [3.8, 4) is 22.4 Å². The second-order valence-corrected chi connectivity index (χ2v) is 8.98. The molecule has 0 bridgehead atoms. The highest BCUT2D eigenvalue weighted by atomic mass is 35.5. The Morgan fingerprint density at radius 2 is 2.00 bits per heavy atom. The van der Waals surface area contributed by atoms with Gasteiger partial charge in [0.25, 0.3) is 5.56 Å². The van der Waals surface area contributed by atoms with E-state index < -0.39 is 0 Å². The molecular formula is C26H25ClN6O2. The lowest BCUT2D eigenvalue weighted by molar-refractivity contribution is -0.123.